The van der Waals surface area contributed by atoms with Gasteiger partial charge in [0.2, 0.25) is 5.91 Å². The van der Waals surface area contributed by atoms with Gasteiger partial charge < -0.3 is 5.32 Å². The molecule has 0 atom stereocenters. The number of carbonyl (C=O) groups excluding carboxylic acids is 1. The number of rotatable bonds is 3. The highest BCUT2D eigenvalue weighted by atomic mass is 16.2. The van der Waals surface area contributed by atoms with Gasteiger partial charge in [0, 0.05) is 18.5 Å². The Balaban J connectivity index is 2.09. The van der Waals surface area contributed by atoms with Crippen molar-refractivity contribution in [2.24, 2.45) is 7.05 Å². The first-order valence-corrected chi connectivity index (χ1v) is 6.34. The van der Waals surface area contributed by atoms with Gasteiger partial charge in [-0.3, -0.25) is 9.48 Å². The number of nitrogens with one attached hydrogen (secondary N) is 1. The van der Waals surface area contributed by atoms with Crippen LogP contribution in [0.5, 0.6) is 0 Å². The number of tetrazole rings is 1. The zero-order valence-corrected chi connectivity index (χ0v) is 12.4. The van der Waals surface area contributed by atoms with Crippen LogP contribution in [0.2, 0.25) is 0 Å². The van der Waals surface area contributed by atoms with Crippen molar-refractivity contribution in [1.82, 2.24) is 30.0 Å². The van der Waals surface area contributed by atoms with Gasteiger partial charge in [0.25, 0.3) is 0 Å². The molecule has 2 heterocycles. The third-order valence-corrected chi connectivity index (χ3v) is 2.77. The summed E-state index contributed by atoms with van der Waals surface area (Å²) in [4.78, 5) is 12.1. The van der Waals surface area contributed by atoms with E-state index < -0.39 is 0 Å². The van der Waals surface area contributed by atoms with Gasteiger partial charge >= 0.3 is 0 Å². The maximum absolute atomic E-state index is 12.1. The first kappa shape index (κ1) is 14.2. The van der Waals surface area contributed by atoms with Gasteiger partial charge in [-0.2, -0.15) is 5.10 Å². The molecule has 1 N–H and O–H groups in total. The van der Waals surface area contributed by atoms with Crippen LogP contribution in [0.25, 0.3) is 0 Å². The number of hydrogen-bond donors (Lipinski definition) is 1. The van der Waals surface area contributed by atoms with Crippen molar-refractivity contribution in [1.29, 1.82) is 0 Å². The van der Waals surface area contributed by atoms with E-state index in [0.717, 1.165) is 5.69 Å². The Morgan fingerprint density at radius 3 is 2.65 bits per heavy atom. The summed E-state index contributed by atoms with van der Waals surface area (Å²) < 4.78 is 3.13. The van der Waals surface area contributed by atoms with Gasteiger partial charge in [0.05, 0.1) is 5.69 Å². The highest BCUT2D eigenvalue weighted by molar-refractivity contribution is 5.89. The lowest BCUT2D eigenvalue weighted by atomic mass is 9.96. The lowest BCUT2D eigenvalue weighted by molar-refractivity contribution is -0.117. The molecule has 0 bridgehead atoms. The number of hydrogen-bond acceptors (Lipinski definition) is 5. The summed E-state index contributed by atoms with van der Waals surface area (Å²) in [5.74, 6) is 1.14. The van der Waals surface area contributed by atoms with Crippen molar-refractivity contribution in [3.05, 3.63) is 17.6 Å². The minimum atomic E-state index is -0.215. The van der Waals surface area contributed by atoms with Gasteiger partial charge in [0.15, 0.2) is 5.82 Å². The van der Waals surface area contributed by atoms with Crippen LogP contribution in [0.3, 0.4) is 0 Å². The molecule has 0 spiro atoms. The van der Waals surface area contributed by atoms with E-state index in [2.05, 4.69) is 25.9 Å². The number of carbonyl (C=O) groups is 1. The molecule has 8 heteroatoms. The molecule has 2 aromatic rings. The highest BCUT2D eigenvalue weighted by Crippen LogP contribution is 2.18. The first-order valence-electron chi connectivity index (χ1n) is 6.34. The lowest BCUT2D eigenvalue weighted by Crippen LogP contribution is -2.26. The van der Waals surface area contributed by atoms with Gasteiger partial charge in [-0.1, -0.05) is 20.8 Å². The molecule has 2 aromatic heterocycles. The Hall–Kier alpha value is -2.25. The van der Waals surface area contributed by atoms with Crippen molar-refractivity contribution < 1.29 is 4.79 Å². The lowest BCUT2D eigenvalue weighted by Gasteiger charge is -2.16. The molecule has 0 aliphatic carbocycles. The Bertz CT molecular complexity index is 620. The van der Waals surface area contributed by atoms with Crippen LogP contribution < -0.4 is 5.32 Å². The van der Waals surface area contributed by atoms with Gasteiger partial charge in [-0.05, 0) is 17.4 Å². The number of anilines is 1. The van der Waals surface area contributed by atoms with Crippen LogP contribution in [-0.4, -0.2) is 35.9 Å². The van der Waals surface area contributed by atoms with Crippen LogP contribution in [0.1, 0.15) is 32.3 Å². The molecular formula is C12H19N7O. The molecule has 0 unspecified atom stereocenters. The monoisotopic (exact) mass is 277 g/mol. The SMILES string of the molecule is Cc1cc(NC(=O)Cn2nnnc2C(C)(C)C)n(C)n1. The zero-order chi connectivity index (χ0) is 14.9. The van der Waals surface area contributed by atoms with E-state index in [1.165, 1.54) is 4.68 Å². The van der Waals surface area contributed by atoms with Gasteiger partial charge in [-0.25, -0.2) is 4.68 Å². The second-order valence-electron chi connectivity index (χ2n) is 5.75. The minimum Gasteiger partial charge on any atom is -0.309 e. The fraction of sp³-hybridized carbons (Fsp3) is 0.583. The van der Waals surface area contributed by atoms with Crippen molar-refractivity contribution in [2.45, 2.75) is 39.7 Å². The van der Waals surface area contributed by atoms with Crippen molar-refractivity contribution in [3.8, 4) is 0 Å². The summed E-state index contributed by atoms with van der Waals surface area (Å²) in [6.07, 6.45) is 0. The van der Waals surface area contributed by atoms with Crippen LogP contribution in [-0.2, 0) is 23.8 Å². The van der Waals surface area contributed by atoms with Crippen molar-refractivity contribution >= 4 is 11.7 Å². The average Bonchev–Trinajstić information content (AvgIpc) is 2.85. The molecule has 0 aromatic carbocycles. The van der Waals surface area contributed by atoms with E-state index in [1.54, 1.807) is 11.7 Å². The van der Waals surface area contributed by atoms with E-state index >= 15 is 0 Å². The standard InChI is InChI=1S/C12H19N7O/c1-8-6-9(18(5)15-8)13-10(20)7-19-11(12(2,3)4)14-16-17-19/h6H,7H2,1-5H3,(H,13,20). The van der Waals surface area contributed by atoms with Crippen LogP contribution in [0.4, 0.5) is 5.82 Å². The predicted octanol–water partition coefficient (Wildman–Crippen LogP) is 0.651. The van der Waals surface area contributed by atoms with Crippen LogP contribution in [0.15, 0.2) is 6.07 Å². The molecule has 0 radical (unpaired) electrons. The summed E-state index contributed by atoms with van der Waals surface area (Å²) in [6.45, 7) is 7.94. The molecule has 0 aliphatic rings. The normalized spacial score (nSPS) is 11.7. The summed E-state index contributed by atoms with van der Waals surface area (Å²) in [5, 5.41) is 18.4. The number of nitrogens with zero attached hydrogens (tertiary/aromatic N) is 6. The molecule has 0 aliphatic heterocycles. The maximum atomic E-state index is 12.1. The molecule has 2 rings (SSSR count). The first-order chi connectivity index (χ1) is 9.27. The minimum absolute atomic E-state index is 0.0732. The van der Waals surface area contributed by atoms with Crippen LogP contribution >= 0.6 is 0 Å². The molecule has 20 heavy (non-hydrogen) atoms. The molecule has 0 saturated carbocycles. The van der Waals surface area contributed by atoms with Gasteiger partial charge in [0.1, 0.15) is 12.4 Å². The zero-order valence-electron chi connectivity index (χ0n) is 12.4. The van der Waals surface area contributed by atoms with E-state index in [0.29, 0.717) is 11.6 Å². The topological polar surface area (TPSA) is 90.5 Å². The van der Waals surface area contributed by atoms with E-state index in [-0.39, 0.29) is 17.9 Å². The number of amides is 1. The predicted molar refractivity (Wildman–Crippen MR) is 73.1 cm³/mol. The third kappa shape index (κ3) is 3.01. The van der Waals surface area contributed by atoms with Gasteiger partial charge in [-0.15, -0.1) is 5.10 Å². The summed E-state index contributed by atoms with van der Waals surface area (Å²) in [5.41, 5.74) is 0.632. The highest BCUT2D eigenvalue weighted by Gasteiger charge is 2.23. The second kappa shape index (κ2) is 5.03. The van der Waals surface area contributed by atoms with Crippen LogP contribution in [0, 0.1) is 6.92 Å². The molecule has 8 nitrogen and oxygen atoms in total. The quantitative estimate of drug-likeness (QED) is 0.889. The fourth-order valence-electron chi connectivity index (χ4n) is 1.89. The molecule has 1 amide bonds. The number of aromatic nitrogens is 6. The molecular weight excluding hydrogens is 258 g/mol. The fourth-order valence-corrected chi connectivity index (χ4v) is 1.89. The van der Waals surface area contributed by atoms with Crippen molar-refractivity contribution in [2.75, 3.05) is 5.32 Å². The van der Waals surface area contributed by atoms with Crippen molar-refractivity contribution in [3.63, 3.8) is 0 Å². The Morgan fingerprint density at radius 2 is 2.10 bits per heavy atom. The maximum Gasteiger partial charge on any atom is 0.247 e. The molecule has 0 saturated heterocycles. The Morgan fingerprint density at radius 1 is 1.40 bits per heavy atom. The van der Waals surface area contributed by atoms with E-state index in [9.17, 15) is 4.79 Å². The summed E-state index contributed by atoms with van der Waals surface area (Å²) in [7, 11) is 1.78. The summed E-state index contributed by atoms with van der Waals surface area (Å²) >= 11 is 0. The summed E-state index contributed by atoms with van der Waals surface area (Å²) in [6, 6.07) is 1.81. The third-order valence-electron chi connectivity index (χ3n) is 2.77. The van der Waals surface area contributed by atoms with E-state index in [4.69, 9.17) is 0 Å². The smallest absolute Gasteiger partial charge is 0.247 e. The Kier molecular flexibility index (Phi) is 3.56. The largest absolute Gasteiger partial charge is 0.309 e. The number of aryl methyl sites for hydroxylation is 2. The molecule has 108 valence electrons. The average molecular weight is 277 g/mol. The second-order valence-corrected chi connectivity index (χ2v) is 5.75. The molecule has 0 fully saturated rings. The van der Waals surface area contributed by atoms with E-state index in [1.807, 2.05) is 33.8 Å². The Labute approximate surface area is 117 Å².